The predicted molar refractivity (Wildman–Crippen MR) is 90.4 cm³/mol. The number of benzene rings is 2. The second-order valence-corrected chi connectivity index (χ2v) is 6.37. The first kappa shape index (κ1) is 13.6. The summed E-state index contributed by atoms with van der Waals surface area (Å²) in [4.78, 5) is 12.4. The molecule has 0 spiro atoms. The Hall–Kier alpha value is -1.36. The van der Waals surface area contributed by atoms with E-state index < -0.39 is 0 Å². The fraction of sp³-hybridized carbons (Fsp3) is 0.235. The fourth-order valence-electron chi connectivity index (χ4n) is 2.54. The molecular formula is C17H16INO. The lowest BCUT2D eigenvalue weighted by atomic mass is 9.97. The lowest BCUT2D eigenvalue weighted by molar-refractivity contribution is 0.0993. The SMILES string of the molecule is O=C(Cc1ccc(I)cc1)c1ccc2c(c1)CCCN2. The van der Waals surface area contributed by atoms with Gasteiger partial charge < -0.3 is 5.32 Å². The van der Waals surface area contributed by atoms with Gasteiger partial charge in [-0.25, -0.2) is 0 Å². The standard InChI is InChI=1S/C17H16INO/c18-15-6-3-12(4-7-15)10-17(20)14-5-8-16-13(11-14)2-1-9-19-16/h3-8,11,19H,1-2,9-10H2. The quantitative estimate of drug-likeness (QED) is 0.645. The van der Waals surface area contributed by atoms with Crippen molar-refractivity contribution >= 4 is 34.1 Å². The highest BCUT2D eigenvalue weighted by molar-refractivity contribution is 14.1. The molecule has 2 aromatic carbocycles. The molecule has 0 unspecified atom stereocenters. The molecule has 0 bridgehead atoms. The van der Waals surface area contributed by atoms with Crippen LogP contribution in [0.3, 0.4) is 0 Å². The van der Waals surface area contributed by atoms with Crippen molar-refractivity contribution in [3.63, 3.8) is 0 Å². The average molecular weight is 377 g/mol. The Morgan fingerprint density at radius 2 is 1.95 bits per heavy atom. The number of rotatable bonds is 3. The molecule has 3 heteroatoms. The van der Waals surface area contributed by atoms with Crippen LogP contribution in [0.15, 0.2) is 42.5 Å². The summed E-state index contributed by atoms with van der Waals surface area (Å²) in [5.74, 6) is 0.194. The Morgan fingerprint density at radius 1 is 1.15 bits per heavy atom. The predicted octanol–water partition coefficient (Wildman–Crippen LogP) is 4.07. The van der Waals surface area contributed by atoms with E-state index in [2.05, 4.69) is 34.0 Å². The summed E-state index contributed by atoms with van der Waals surface area (Å²) in [5.41, 5.74) is 4.35. The zero-order chi connectivity index (χ0) is 13.9. The third kappa shape index (κ3) is 3.03. The molecule has 20 heavy (non-hydrogen) atoms. The largest absolute Gasteiger partial charge is 0.385 e. The molecule has 1 N–H and O–H groups in total. The molecule has 0 amide bonds. The maximum absolute atomic E-state index is 12.4. The second-order valence-electron chi connectivity index (χ2n) is 5.13. The zero-order valence-electron chi connectivity index (χ0n) is 11.2. The van der Waals surface area contributed by atoms with Crippen LogP contribution < -0.4 is 5.32 Å². The molecule has 3 rings (SSSR count). The van der Waals surface area contributed by atoms with Crippen LogP contribution in [0.2, 0.25) is 0 Å². The van der Waals surface area contributed by atoms with Crippen LogP contribution in [0.1, 0.15) is 27.9 Å². The van der Waals surface area contributed by atoms with Crippen LogP contribution in [0.4, 0.5) is 5.69 Å². The molecule has 102 valence electrons. The summed E-state index contributed by atoms with van der Waals surface area (Å²) in [6.07, 6.45) is 2.68. The number of anilines is 1. The van der Waals surface area contributed by atoms with Crippen LogP contribution in [0.5, 0.6) is 0 Å². The maximum atomic E-state index is 12.4. The van der Waals surface area contributed by atoms with Gasteiger partial charge in [0.15, 0.2) is 5.78 Å². The van der Waals surface area contributed by atoms with Crippen molar-refractivity contribution in [3.05, 3.63) is 62.7 Å². The summed E-state index contributed by atoms with van der Waals surface area (Å²) < 4.78 is 1.19. The van der Waals surface area contributed by atoms with Gasteiger partial charge in [-0.3, -0.25) is 4.79 Å². The highest BCUT2D eigenvalue weighted by Crippen LogP contribution is 2.23. The number of carbonyl (C=O) groups is 1. The number of hydrogen-bond donors (Lipinski definition) is 1. The fourth-order valence-corrected chi connectivity index (χ4v) is 2.90. The third-order valence-electron chi connectivity index (χ3n) is 3.64. The Bertz CT molecular complexity index is 634. The van der Waals surface area contributed by atoms with Gasteiger partial charge in [-0.05, 0) is 76.9 Å². The summed E-state index contributed by atoms with van der Waals surface area (Å²) >= 11 is 2.27. The van der Waals surface area contributed by atoms with Crippen molar-refractivity contribution in [1.29, 1.82) is 0 Å². The van der Waals surface area contributed by atoms with Gasteiger partial charge in [-0.1, -0.05) is 12.1 Å². The van der Waals surface area contributed by atoms with Gasteiger partial charge in [0.05, 0.1) is 0 Å². The van der Waals surface area contributed by atoms with Crippen molar-refractivity contribution in [2.75, 3.05) is 11.9 Å². The molecule has 0 aromatic heterocycles. The Labute approximate surface area is 132 Å². The molecule has 0 atom stereocenters. The van der Waals surface area contributed by atoms with Crippen molar-refractivity contribution in [1.82, 2.24) is 0 Å². The van der Waals surface area contributed by atoms with Gasteiger partial charge in [0.25, 0.3) is 0 Å². The zero-order valence-corrected chi connectivity index (χ0v) is 13.3. The van der Waals surface area contributed by atoms with Crippen molar-refractivity contribution < 1.29 is 4.79 Å². The first-order valence-corrected chi connectivity index (χ1v) is 7.95. The van der Waals surface area contributed by atoms with Crippen molar-refractivity contribution in [2.24, 2.45) is 0 Å². The van der Waals surface area contributed by atoms with E-state index in [4.69, 9.17) is 0 Å². The van der Waals surface area contributed by atoms with Gasteiger partial charge >= 0.3 is 0 Å². The molecule has 1 aliphatic heterocycles. The molecule has 0 saturated heterocycles. The molecular weight excluding hydrogens is 361 g/mol. The number of hydrogen-bond acceptors (Lipinski definition) is 2. The van der Waals surface area contributed by atoms with E-state index in [1.807, 2.05) is 36.4 Å². The molecule has 0 fully saturated rings. The summed E-state index contributed by atoms with van der Waals surface area (Å²) in [6.45, 7) is 1.03. The van der Waals surface area contributed by atoms with E-state index >= 15 is 0 Å². The molecule has 0 radical (unpaired) electrons. The normalized spacial score (nSPS) is 13.4. The van der Waals surface area contributed by atoms with E-state index in [-0.39, 0.29) is 5.78 Å². The molecule has 0 saturated carbocycles. The Morgan fingerprint density at radius 3 is 2.75 bits per heavy atom. The Balaban J connectivity index is 1.78. The highest BCUT2D eigenvalue weighted by atomic mass is 127. The van der Waals surface area contributed by atoms with E-state index in [1.54, 1.807) is 0 Å². The lowest BCUT2D eigenvalue weighted by Crippen LogP contribution is -2.13. The number of nitrogens with one attached hydrogen (secondary N) is 1. The van der Waals surface area contributed by atoms with Gasteiger partial charge in [0.2, 0.25) is 0 Å². The monoisotopic (exact) mass is 377 g/mol. The number of Topliss-reactive ketones (excluding diaryl/α,β-unsaturated/α-hetero) is 1. The van der Waals surface area contributed by atoms with Gasteiger partial charge in [-0.2, -0.15) is 0 Å². The number of halogens is 1. The van der Waals surface area contributed by atoms with Crippen LogP contribution in [0, 0.1) is 3.57 Å². The highest BCUT2D eigenvalue weighted by Gasteiger charge is 2.12. The van der Waals surface area contributed by atoms with E-state index in [9.17, 15) is 4.79 Å². The smallest absolute Gasteiger partial charge is 0.167 e. The topological polar surface area (TPSA) is 29.1 Å². The summed E-state index contributed by atoms with van der Waals surface area (Å²) in [5, 5.41) is 3.37. The number of ketones is 1. The average Bonchev–Trinajstić information content (AvgIpc) is 2.49. The molecule has 1 heterocycles. The van der Waals surface area contributed by atoms with E-state index in [0.717, 1.165) is 30.5 Å². The number of carbonyl (C=O) groups excluding carboxylic acids is 1. The number of aryl methyl sites for hydroxylation is 1. The third-order valence-corrected chi connectivity index (χ3v) is 4.36. The van der Waals surface area contributed by atoms with Gasteiger partial charge in [0, 0.05) is 27.8 Å². The van der Waals surface area contributed by atoms with Crippen molar-refractivity contribution in [2.45, 2.75) is 19.3 Å². The molecule has 2 aromatic rings. The first-order chi connectivity index (χ1) is 9.72. The lowest BCUT2D eigenvalue weighted by Gasteiger charge is -2.18. The van der Waals surface area contributed by atoms with Gasteiger partial charge in [-0.15, -0.1) is 0 Å². The van der Waals surface area contributed by atoms with E-state index in [0.29, 0.717) is 6.42 Å². The maximum Gasteiger partial charge on any atom is 0.167 e. The van der Waals surface area contributed by atoms with Crippen LogP contribution >= 0.6 is 22.6 Å². The Kier molecular flexibility index (Phi) is 4.05. The molecule has 1 aliphatic rings. The van der Waals surface area contributed by atoms with Crippen molar-refractivity contribution in [3.8, 4) is 0 Å². The summed E-state index contributed by atoms with van der Waals surface area (Å²) in [6, 6.07) is 14.2. The van der Waals surface area contributed by atoms with Crippen LogP contribution in [0.25, 0.3) is 0 Å². The first-order valence-electron chi connectivity index (χ1n) is 6.87. The minimum Gasteiger partial charge on any atom is -0.385 e. The number of fused-ring (bicyclic) bond motifs is 1. The van der Waals surface area contributed by atoms with Gasteiger partial charge in [0.1, 0.15) is 0 Å². The molecule has 0 aliphatic carbocycles. The second kappa shape index (κ2) is 5.95. The minimum atomic E-state index is 0.194. The van der Waals surface area contributed by atoms with E-state index in [1.165, 1.54) is 14.8 Å². The molecule has 2 nitrogen and oxygen atoms in total. The minimum absolute atomic E-state index is 0.194. The van der Waals surface area contributed by atoms with Crippen LogP contribution in [-0.4, -0.2) is 12.3 Å². The van der Waals surface area contributed by atoms with Crippen LogP contribution in [-0.2, 0) is 12.8 Å². The summed E-state index contributed by atoms with van der Waals surface area (Å²) in [7, 11) is 0.